The van der Waals surface area contributed by atoms with Crippen molar-refractivity contribution < 1.29 is 86.9 Å². The van der Waals surface area contributed by atoms with Crippen molar-refractivity contribution in [3.63, 3.8) is 0 Å². The van der Waals surface area contributed by atoms with Crippen molar-refractivity contribution in [3.05, 3.63) is 16.1 Å². The van der Waals surface area contributed by atoms with Crippen LogP contribution in [-0.4, -0.2) is 169 Å². The van der Waals surface area contributed by atoms with E-state index in [1.165, 1.54) is 46.0 Å². The summed E-state index contributed by atoms with van der Waals surface area (Å²) in [5.74, 6) is 5.30. The van der Waals surface area contributed by atoms with Crippen LogP contribution in [0.1, 0.15) is 294 Å². The van der Waals surface area contributed by atoms with E-state index < -0.39 is 40.3 Å². The maximum Gasteiger partial charge on any atom is 0.154 e. The standard InChI is InChI=1S/C8H14O2.C7H9NOS.2C7H12O3S.C7H12O.2C7H14O.C6H12O3S.C6H12O2S.C6H12OS.C6H12O/c1-7(9)4-5-8-3-2-6-10-8;1-5-4-10-7(8-5)3-6(2)9;1-6(8)2-3-7-4-11(9,10)5-7;1-6(8)2-3-7-4-5-11(7,9)10;1-6(8)2-3-7-4-5-7;1-4-5-7(8)6(2)3;1-3-4-5-6-7(2)8;1-3-4-6(7)5-10(2,8)9;1-3-4-6(7)5-9(2)8;1-3-4-6(7)5-8-2;1-3-5-6(7)4-2/h8H,2-6H2,1H3;4H,3H2,1-2H3;2*7H,2-5H2,1H3;7H,2-5H2,1H3;6H,4-5H2,1-3H3;3-6H2,1-2H3;3-5H2,1-2H3;3-5H2,1-2H3;3-5H2,1-2H3;3-5H2,1-2H3. The molecule has 100 heavy (non-hydrogen) atoms. The van der Waals surface area contributed by atoms with Crippen LogP contribution in [-0.2, 0) is 104 Å². The lowest BCUT2D eigenvalue weighted by molar-refractivity contribution is -0.122. The molecular formula is C74H135NO19S6. The fourth-order valence-corrected chi connectivity index (χ4v) is 14.2. The lowest BCUT2D eigenvalue weighted by Gasteiger charge is -2.25. The average Bonchev–Trinajstić information content (AvgIpc) is 1.81. The second-order valence-corrected chi connectivity index (χ2v) is 36.2. The number of hydrogen-bond donors (Lipinski definition) is 0. The van der Waals surface area contributed by atoms with Crippen LogP contribution in [0, 0.1) is 24.7 Å². The summed E-state index contributed by atoms with van der Waals surface area (Å²) >= 11 is 3.15. The van der Waals surface area contributed by atoms with E-state index in [0.717, 1.165) is 126 Å². The Bertz CT molecular complexity index is 2800. The van der Waals surface area contributed by atoms with Gasteiger partial charge in [0.1, 0.15) is 74.4 Å². The number of carbonyl (C=O) groups excluding carboxylic acids is 11. The Morgan fingerprint density at radius 2 is 1.05 bits per heavy atom. The topological polar surface area (TPSA) is 329 Å². The summed E-state index contributed by atoms with van der Waals surface area (Å²) in [7, 11) is -9.50. The summed E-state index contributed by atoms with van der Waals surface area (Å²) in [4.78, 5) is 120. The Labute approximate surface area is 617 Å². The first-order valence-corrected chi connectivity index (χ1v) is 45.5. The molecule has 1 aliphatic carbocycles. The number of Topliss-reactive ketones (excluding diaryl/α,β-unsaturated/α-hetero) is 11. The SMILES string of the molecule is CC(=O)CCC1CC1.CC(=O)CCC1CCCO1.CC(=O)CCC1CCS1(=O)=O.CC(=O)CCC1CS(=O)(=O)C1.CC(=O)Cc1nc(C)cs1.CCCC(=O)C(C)C.CCCC(=O)CC.CCCC(=O)CS(C)(=O)=O.CCCC(=O)CS(C)=O.CCCC(=O)CSC.CCCCCC(C)=O. The van der Waals surface area contributed by atoms with Crippen LogP contribution in [0.15, 0.2) is 5.38 Å². The molecule has 0 aromatic carbocycles. The maximum absolute atomic E-state index is 10.9. The second kappa shape index (κ2) is 67.2. The molecule has 1 aromatic heterocycles. The van der Waals surface area contributed by atoms with Crippen molar-refractivity contribution >= 4 is 127 Å². The van der Waals surface area contributed by atoms with E-state index in [-0.39, 0.29) is 63.3 Å². The van der Waals surface area contributed by atoms with E-state index in [2.05, 4.69) is 11.9 Å². The highest BCUT2D eigenvalue weighted by Crippen LogP contribution is 2.33. The third-order valence-corrected chi connectivity index (χ3v) is 21.7. The molecule has 0 amide bonds. The zero-order valence-electron chi connectivity index (χ0n) is 65.1. The molecule has 3 unspecified atom stereocenters. The van der Waals surface area contributed by atoms with Gasteiger partial charge in [-0.2, -0.15) is 11.8 Å². The minimum atomic E-state index is -3.10. The molecule has 0 N–H and O–H groups in total. The van der Waals surface area contributed by atoms with Crippen LogP contribution >= 0.6 is 23.1 Å². The van der Waals surface area contributed by atoms with Crippen LogP contribution in [0.4, 0.5) is 0 Å². The number of ketones is 11. The Morgan fingerprint density at radius 3 is 1.37 bits per heavy atom. The van der Waals surface area contributed by atoms with E-state index in [1.807, 2.05) is 73.9 Å². The molecule has 5 rings (SSSR count). The van der Waals surface area contributed by atoms with Gasteiger partial charge in [-0.3, -0.25) is 33.0 Å². The molecule has 0 radical (unpaired) electrons. The van der Waals surface area contributed by atoms with E-state index >= 15 is 0 Å². The van der Waals surface area contributed by atoms with Crippen LogP contribution in [0.3, 0.4) is 0 Å². The summed E-state index contributed by atoms with van der Waals surface area (Å²) < 4.78 is 79.9. The van der Waals surface area contributed by atoms with Crippen molar-refractivity contribution in [2.75, 3.05) is 59.9 Å². The Hall–Kier alpha value is -3.69. The average molecular weight is 1540 g/mol. The van der Waals surface area contributed by atoms with Gasteiger partial charge in [0, 0.05) is 118 Å². The number of ether oxygens (including phenoxy) is 1. The molecule has 1 aromatic rings. The summed E-state index contributed by atoms with van der Waals surface area (Å²) in [6, 6.07) is 0. The molecule has 586 valence electrons. The minimum absolute atomic E-state index is 0.0760. The Balaban J connectivity index is -0.000000244. The number of sulfone groups is 3. The summed E-state index contributed by atoms with van der Waals surface area (Å²) in [5, 5.41) is 2.66. The van der Waals surface area contributed by atoms with Crippen LogP contribution in [0.25, 0.3) is 0 Å². The summed E-state index contributed by atoms with van der Waals surface area (Å²) in [6.45, 7) is 30.2. The third-order valence-electron chi connectivity index (χ3n) is 14.3. The number of carbonyl (C=O) groups is 11. The first-order valence-electron chi connectivity index (χ1n) is 35.9. The summed E-state index contributed by atoms with van der Waals surface area (Å²) in [6.07, 6.45) is 29.7. The van der Waals surface area contributed by atoms with E-state index in [0.29, 0.717) is 116 Å². The highest BCUT2D eigenvalue weighted by atomic mass is 32.2. The van der Waals surface area contributed by atoms with Gasteiger partial charge in [-0.15, -0.1) is 11.3 Å². The third kappa shape index (κ3) is 83.3. The predicted octanol–water partition coefficient (Wildman–Crippen LogP) is 14.6. The van der Waals surface area contributed by atoms with Gasteiger partial charge in [0.2, 0.25) is 0 Å². The lowest BCUT2D eigenvalue weighted by atomic mass is 10.1. The predicted molar refractivity (Wildman–Crippen MR) is 413 cm³/mol. The molecule has 3 saturated heterocycles. The highest BCUT2D eigenvalue weighted by molar-refractivity contribution is 7.99. The van der Waals surface area contributed by atoms with E-state index in [4.69, 9.17) is 4.74 Å². The highest BCUT2D eigenvalue weighted by Gasteiger charge is 2.35. The van der Waals surface area contributed by atoms with E-state index in [1.54, 1.807) is 57.0 Å². The molecule has 0 spiro atoms. The molecule has 1 saturated carbocycles. The zero-order valence-corrected chi connectivity index (χ0v) is 70.0. The van der Waals surface area contributed by atoms with Crippen LogP contribution < -0.4 is 0 Å². The smallest absolute Gasteiger partial charge is 0.154 e. The van der Waals surface area contributed by atoms with Gasteiger partial charge < -0.3 is 28.7 Å². The molecule has 4 aliphatic rings. The molecule has 4 heterocycles. The number of unbranched alkanes of at least 4 members (excludes halogenated alkanes) is 2. The largest absolute Gasteiger partial charge is 0.378 e. The van der Waals surface area contributed by atoms with Crippen molar-refractivity contribution in [3.8, 4) is 0 Å². The van der Waals surface area contributed by atoms with Crippen molar-refractivity contribution in [1.82, 2.24) is 4.98 Å². The molecule has 26 heteroatoms. The molecule has 20 nitrogen and oxygen atoms in total. The monoisotopic (exact) mass is 1530 g/mol. The Morgan fingerprint density at radius 1 is 0.590 bits per heavy atom. The number of hydrogen-bond acceptors (Lipinski definition) is 22. The number of thiazole rings is 1. The van der Waals surface area contributed by atoms with Crippen molar-refractivity contribution in [2.24, 2.45) is 17.8 Å². The fraction of sp³-hybridized carbons (Fsp3) is 0.811. The zero-order chi connectivity index (χ0) is 78.5. The quantitative estimate of drug-likeness (QED) is 0.0563. The number of aryl methyl sites for hydroxylation is 1. The second-order valence-electron chi connectivity index (χ2n) is 26.3. The van der Waals surface area contributed by atoms with Gasteiger partial charge in [-0.05, 0) is 150 Å². The number of nitrogens with zero attached hydrogens (tertiary/aromatic N) is 1. The first kappa shape index (κ1) is 107. The van der Waals surface area contributed by atoms with Gasteiger partial charge in [0.05, 0.1) is 46.5 Å². The summed E-state index contributed by atoms with van der Waals surface area (Å²) in [5.41, 5.74) is 1.00. The van der Waals surface area contributed by atoms with Crippen LogP contribution in [0.5, 0.6) is 0 Å². The van der Waals surface area contributed by atoms with Gasteiger partial charge in [-0.25, -0.2) is 30.2 Å². The number of aromatic nitrogens is 1. The Kier molecular flexibility index (Phi) is 72.1. The number of thioether (sulfide) groups is 1. The molecule has 0 bridgehead atoms. The van der Waals surface area contributed by atoms with Gasteiger partial charge in [-0.1, -0.05) is 88.0 Å². The van der Waals surface area contributed by atoms with E-state index in [9.17, 15) is 82.2 Å². The fourth-order valence-electron chi connectivity index (χ4n) is 8.50. The van der Waals surface area contributed by atoms with Crippen molar-refractivity contribution in [2.45, 2.75) is 308 Å². The van der Waals surface area contributed by atoms with Crippen molar-refractivity contribution in [1.29, 1.82) is 0 Å². The molecular weight excluding hydrogens is 1400 g/mol. The maximum atomic E-state index is 10.9. The van der Waals surface area contributed by atoms with Gasteiger partial charge in [0.15, 0.2) is 29.5 Å². The van der Waals surface area contributed by atoms with Gasteiger partial charge >= 0.3 is 0 Å². The van der Waals surface area contributed by atoms with Gasteiger partial charge in [0.25, 0.3) is 0 Å². The normalized spacial score (nSPS) is 15.7. The lowest BCUT2D eigenvalue weighted by Crippen LogP contribution is -2.36. The molecule has 3 aliphatic heterocycles. The number of rotatable bonds is 36. The first-order chi connectivity index (χ1) is 46.5. The minimum Gasteiger partial charge on any atom is -0.378 e. The molecule has 3 atom stereocenters. The van der Waals surface area contributed by atoms with Crippen LogP contribution in [0.2, 0.25) is 0 Å². The molecule has 4 fully saturated rings.